The van der Waals surface area contributed by atoms with E-state index in [2.05, 4.69) is 5.32 Å². The second kappa shape index (κ2) is 8.03. The summed E-state index contributed by atoms with van der Waals surface area (Å²) in [6.07, 6.45) is 1.99. The summed E-state index contributed by atoms with van der Waals surface area (Å²) in [7, 11) is 1.46. The van der Waals surface area contributed by atoms with Crippen molar-refractivity contribution in [3.05, 3.63) is 59.7 Å². The number of phenolic OH excluding ortho intramolecular Hbond substituents is 2. The zero-order valence-electron chi connectivity index (χ0n) is 13.1. The van der Waals surface area contributed by atoms with E-state index < -0.39 is 6.10 Å². The number of amides is 1. The number of nitrogens with one attached hydrogen (secondary N) is 1. The molecule has 0 aliphatic heterocycles. The molecule has 24 heavy (non-hydrogen) atoms. The molecule has 2 aromatic carbocycles. The Bertz CT molecular complexity index is 725. The molecule has 0 spiro atoms. The smallest absolute Gasteiger partial charge is 0.244 e. The minimum atomic E-state index is -0.868. The number of aliphatic hydroxyl groups is 1. The van der Waals surface area contributed by atoms with Gasteiger partial charge in [0.2, 0.25) is 5.91 Å². The predicted octanol–water partition coefficient (Wildman–Crippen LogP) is 1.97. The number of benzene rings is 2. The summed E-state index contributed by atoms with van der Waals surface area (Å²) in [5.74, 6) is 0.0835. The van der Waals surface area contributed by atoms with E-state index in [-0.39, 0.29) is 24.0 Å². The zero-order chi connectivity index (χ0) is 17.5. The van der Waals surface area contributed by atoms with Crippen LogP contribution < -0.4 is 10.1 Å². The molecule has 0 aliphatic carbocycles. The van der Waals surface area contributed by atoms with Gasteiger partial charge in [-0.15, -0.1) is 0 Å². The molecule has 126 valence electrons. The van der Waals surface area contributed by atoms with Gasteiger partial charge in [-0.2, -0.15) is 0 Å². The first-order chi connectivity index (χ1) is 11.5. The summed E-state index contributed by atoms with van der Waals surface area (Å²) >= 11 is 0. The molecule has 4 N–H and O–H groups in total. The van der Waals surface area contributed by atoms with Crippen LogP contribution in [0.2, 0.25) is 0 Å². The zero-order valence-corrected chi connectivity index (χ0v) is 13.1. The Hall–Kier alpha value is -2.99. The Morgan fingerprint density at radius 3 is 2.54 bits per heavy atom. The Morgan fingerprint density at radius 1 is 1.21 bits per heavy atom. The van der Waals surface area contributed by atoms with Crippen LogP contribution in [0, 0.1) is 0 Å². The van der Waals surface area contributed by atoms with Gasteiger partial charge in [-0.05, 0) is 41.5 Å². The Kier molecular flexibility index (Phi) is 5.81. The highest BCUT2D eigenvalue weighted by Crippen LogP contribution is 2.26. The van der Waals surface area contributed by atoms with Gasteiger partial charge in [0, 0.05) is 12.6 Å². The number of phenols is 2. The van der Waals surface area contributed by atoms with Gasteiger partial charge in [-0.3, -0.25) is 4.79 Å². The molecule has 0 aromatic heterocycles. The molecule has 0 radical (unpaired) electrons. The lowest BCUT2D eigenvalue weighted by Gasteiger charge is -2.11. The van der Waals surface area contributed by atoms with Crippen molar-refractivity contribution in [2.45, 2.75) is 6.10 Å². The quantitative estimate of drug-likeness (QED) is 0.607. The van der Waals surface area contributed by atoms with E-state index in [1.54, 1.807) is 30.3 Å². The number of carbonyl (C=O) groups excluding carboxylic acids is 1. The minimum absolute atomic E-state index is 0.0113. The maximum Gasteiger partial charge on any atom is 0.244 e. The van der Waals surface area contributed by atoms with Crippen LogP contribution in [0.3, 0.4) is 0 Å². The summed E-state index contributed by atoms with van der Waals surface area (Å²) in [5.41, 5.74) is 1.24. The van der Waals surface area contributed by atoms with E-state index in [1.807, 2.05) is 0 Å². The fourth-order valence-corrected chi connectivity index (χ4v) is 2.05. The van der Waals surface area contributed by atoms with Crippen LogP contribution in [-0.4, -0.2) is 34.9 Å². The molecule has 0 fully saturated rings. The second-order valence-electron chi connectivity index (χ2n) is 5.12. The molecule has 0 saturated heterocycles. The maximum atomic E-state index is 11.8. The van der Waals surface area contributed by atoms with Gasteiger partial charge in [0.05, 0.1) is 13.2 Å². The van der Waals surface area contributed by atoms with Crippen molar-refractivity contribution in [1.29, 1.82) is 0 Å². The van der Waals surface area contributed by atoms with Crippen molar-refractivity contribution in [3.63, 3.8) is 0 Å². The number of aromatic hydroxyl groups is 2. The third-order valence-electron chi connectivity index (χ3n) is 3.38. The summed E-state index contributed by atoms with van der Waals surface area (Å²) in [5, 5.41) is 31.4. The van der Waals surface area contributed by atoms with E-state index >= 15 is 0 Å². The second-order valence-corrected chi connectivity index (χ2v) is 5.12. The van der Waals surface area contributed by atoms with Gasteiger partial charge < -0.3 is 25.4 Å². The molecular weight excluding hydrogens is 310 g/mol. The van der Waals surface area contributed by atoms with Crippen LogP contribution in [0.25, 0.3) is 6.08 Å². The molecule has 2 rings (SSSR count). The maximum absolute atomic E-state index is 11.8. The molecule has 1 amide bonds. The predicted molar refractivity (Wildman–Crippen MR) is 89.8 cm³/mol. The molecule has 6 heteroatoms. The standard InChI is InChI=1S/C18H19NO5/c1-24-17-8-2-12(10-15(17)21)3-9-18(23)19-11-16(22)13-4-6-14(20)7-5-13/h2-10,16,20-22H,11H2,1H3,(H,19,23)/b9-3+. The first-order valence-corrected chi connectivity index (χ1v) is 7.29. The molecule has 2 aromatic rings. The monoisotopic (exact) mass is 329 g/mol. The lowest BCUT2D eigenvalue weighted by atomic mass is 10.1. The first kappa shape index (κ1) is 17.4. The molecule has 0 saturated carbocycles. The number of rotatable bonds is 6. The van der Waals surface area contributed by atoms with E-state index in [0.717, 1.165) is 0 Å². The van der Waals surface area contributed by atoms with E-state index in [0.29, 0.717) is 16.9 Å². The SMILES string of the molecule is COc1ccc(/C=C/C(=O)NCC(O)c2ccc(O)cc2)cc1O. The summed E-state index contributed by atoms with van der Waals surface area (Å²) in [6.45, 7) is 0.0435. The van der Waals surface area contributed by atoms with Crippen molar-refractivity contribution in [2.75, 3.05) is 13.7 Å². The van der Waals surface area contributed by atoms with Crippen LogP contribution in [0.15, 0.2) is 48.5 Å². The van der Waals surface area contributed by atoms with Gasteiger partial charge in [-0.25, -0.2) is 0 Å². The fraction of sp³-hybridized carbons (Fsp3) is 0.167. The van der Waals surface area contributed by atoms with Gasteiger partial charge in [0.15, 0.2) is 11.5 Å². The average molecular weight is 329 g/mol. The van der Waals surface area contributed by atoms with Crippen molar-refractivity contribution in [3.8, 4) is 17.2 Å². The molecular formula is C18H19NO5. The van der Waals surface area contributed by atoms with Gasteiger partial charge >= 0.3 is 0 Å². The highest BCUT2D eigenvalue weighted by molar-refractivity contribution is 5.91. The van der Waals surface area contributed by atoms with Crippen LogP contribution in [0.4, 0.5) is 0 Å². The van der Waals surface area contributed by atoms with Crippen LogP contribution >= 0.6 is 0 Å². The summed E-state index contributed by atoms with van der Waals surface area (Å²) in [6, 6.07) is 10.9. The lowest BCUT2D eigenvalue weighted by Crippen LogP contribution is -2.26. The number of ether oxygens (including phenoxy) is 1. The minimum Gasteiger partial charge on any atom is -0.508 e. The van der Waals surface area contributed by atoms with Gasteiger partial charge in [0.25, 0.3) is 0 Å². The highest BCUT2D eigenvalue weighted by Gasteiger charge is 2.08. The first-order valence-electron chi connectivity index (χ1n) is 7.29. The summed E-state index contributed by atoms with van der Waals surface area (Å²) < 4.78 is 4.94. The van der Waals surface area contributed by atoms with E-state index in [1.165, 1.54) is 31.4 Å². The summed E-state index contributed by atoms with van der Waals surface area (Å²) in [4.78, 5) is 11.8. The Balaban J connectivity index is 1.88. The van der Waals surface area contributed by atoms with Crippen LogP contribution in [-0.2, 0) is 4.79 Å². The van der Waals surface area contributed by atoms with Crippen molar-refractivity contribution < 1.29 is 24.9 Å². The third kappa shape index (κ3) is 4.76. The molecule has 1 unspecified atom stereocenters. The van der Waals surface area contributed by atoms with Gasteiger partial charge in [-0.1, -0.05) is 18.2 Å². The van der Waals surface area contributed by atoms with Crippen molar-refractivity contribution in [1.82, 2.24) is 5.32 Å². The fourth-order valence-electron chi connectivity index (χ4n) is 2.05. The van der Waals surface area contributed by atoms with Crippen molar-refractivity contribution in [2.24, 2.45) is 0 Å². The number of carbonyl (C=O) groups is 1. The lowest BCUT2D eigenvalue weighted by molar-refractivity contribution is -0.116. The Labute approximate surface area is 139 Å². The van der Waals surface area contributed by atoms with E-state index in [4.69, 9.17) is 4.74 Å². The third-order valence-corrected chi connectivity index (χ3v) is 3.38. The number of hydrogen-bond acceptors (Lipinski definition) is 5. The average Bonchev–Trinajstić information content (AvgIpc) is 2.58. The van der Waals surface area contributed by atoms with Crippen LogP contribution in [0.1, 0.15) is 17.2 Å². The molecule has 1 atom stereocenters. The molecule has 0 bridgehead atoms. The Morgan fingerprint density at radius 2 is 1.92 bits per heavy atom. The van der Waals surface area contributed by atoms with E-state index in [9.17, 15) is 20.1 Å². The highest BCUT2D eigenvalue weighted by atomic mass is 16.5. The topological polar surface area (TPSA) is 99.0 Å². The number of aliphatic hydroxyl groups excluding tert-OH is 1. The van der Waals surface area contributed by atoms with Crippen molar-refractivity contribution >= 4 is 12.0 Å². The molecule has 0 heterocycles. The normalized spacial score (nSPS) is 12.1. The number of methoxy groups -OCH3 is 1. The van der Waals surface area contributed by atoms with Crippen LogP contribution in [0.5, 0.6) is 17.2 Å². The van der Waals surface area contributed by atoms with Gasteiger partial charge in [0.1, 0.15) is 5.75 Å². The largest absolute Gasteiger partial charge is 0.508 e. The molecule has 6 nitrogen and oxygen atoms in total. The molecule has 0 aliphatic rings. The number of hydrogen-bond donors (Lipinski definition) is 4.